The minimum absolute atomic E-state index is 0.631. The summed E-state index contributed by atoms with van der Waals surface area (Å²) in [7, 11) is 0. The number of hydrogen-bond acceptors (Lipinski definition) is 3. The normalized spacial score (nSPS) is 18.4. The van der Waals surface area contributed by atoms with E-state index >= 15 is 0 Å². The van der Waals surface area contributed by atoms with E-state index < -0.39 is 0 Å². The van der Waals surface area contributed by atoms with Gasteiger partial charge in [-0.1, -0.05) is 48.0 Å². The van der Waals surface area contributed by atoms with Crippen molar-refractivity contribution >= 4 is 11.6 Å². The van der Waals surface area contributed by atoms with Crippen molar-refractivity contribution in [1.82, 2.24) is 9.80 Å². The summed E-state index contributed by atoms with van der Waals surface area (Å²) in [6, 6.07) is 17.9. The Morgan fingerprint density at radius 2 is 1.75 bits per heavy atom. The molecular weight excluding hydrogens is 368 g/mol. The molecule has 150 valence electrons. The molecule has 0 N–H and O–H groups in total. The smallest absolute Gasteiger partial charge is 0.0480 e. The van der Waals surface area contributed by atoms with Gasteiger partial charge in [0, 0.05) is 43.9 Å². The van der Waals surface area contributed by atoms with E-state index in [4.69, 9.17) is 16.3 Å². The molecule has 0 amide bonds. The van der Waals surface area contributed by atoms with Gasteiger partial charge in [0.2, 0.25) is 0 Å². The number of benzene rings is 2. The predicted octanol–water partition coefficient (Wildman–Crippen LogP) is 4.77. The quantitative estimate of drug-likeness (QED) is 0.668. The number of halogens is 1. The molecule has 1 saturated heterocycles. The molecule has 2 aromatic rings. The third-order valence-electron chi connectivity index (χ3n) is 6.14. The predicted molar refractivity (Wildman–Crippen MR) is 116 cm³/mol. The zero-order valence-electron chi connectivity index (χ0n) is 16.7. The molecule has 4 heteroatoms. The summed E-state index contributed by atoms with van der Waals surface area (Å²) in [6.07, 6.45) is 4.69. The lowest BCUT2D eigenvalue weighted by molar-refractivity contribution is 0.0293. The van der Waals surface area contributed by atoms with Gasteiger partial charge >= 0.3 is 0 Å². The van der Waals surface area contributed by atoms with Crippen molar-refractivity contribution in [3.05, 3.63) is 70.2 Å². The fourth-order valence-electron chi connectivity index (χ4n) is 4.51. The maximum atomic E-state index is 6.07. The van der Waals surface area contributed by atoms with Gasteiger partial charge in [-0.25, -0.2) is 0 Å². The van der Waals surface area contributed by atoms with Crippen LogP contribution in [0.5, 0.6) is 0 Å². The summed E-state index contributed by atoms with van der Waals surface area (Å²) in [5.74, 6) is 0. The monoisotopic (exact) mass is 398 g/mol. The standard InChI is InChI=1S/C24H31ClN2O/c25-23-8-6-20(7-9-23)18-27(24-11-16-28-17-12-24)14-3-13-26-15-10-21-4-1-2-5-22(21)19-26/h1-2,4-9,24H,3,10-19H2. The van der Waals surface area contributed by atoms with Crippen molar-refractivity contribution in [2.75, 3.05) is 32.8 Å². The topological polar surface area (TPSA) is 15.7 Å². The van der Waals surface area contributed by atoms with E-state index in [0.29, 0.717) is 6.04 Å². The van der Waals surface area contributed by atoms with E-state index in [1.807, 2.05) is 12.1 Å². The lowest BCUT2D eigenvalue weighted by atomic mass is 10.00. The largest absolute Gasteiger partial charge is 0.381 e. The summed E-state index contributed by atoms with van der Waals surface area (Å²) in [5, 5.41) is 0.812. The Morgan fingerprint density at radius 1 is 1.00 bits per heavy atom. The Balaban J connectivity index is 1.32. The number of rotatable bonds is 7. The average molecular weight is 399 g/mol. The first kappa shape index (κ1) is 19.9. The lowest BCUT2D eigenvalue weighted by Crippen LogP contribution is -2.41. The van der Waals surface area contributed by atoms with E-state index in [-0.39, 0.29) is 0 Å². The molecule has 0 atom stereocenters. The minimum Gasteiger partial charge on any atom is -0.381 e. The third-order valence-corrected chi connectivity index (χ3v) is 6.39. The summed E-state index contributed by atoms with van der Waals surface area (Å²) in [6.45, 7) is 7.40. The molecule has 2 aromatic carbocycles. The Kier molecular flexibility index (Phi) is 7.03. The van der Waals surface area contributed by atoms with Gasteiger partial charge in [0.05, 0.1) is 0 Å². The first-order valence-corrected chi connectivity index (χ1v) is 11.0. The van der Waals surface area contributed by atoms with Gasteiger partial charge < -0.3 is 4.74 Å². The molecule has 0 aromatic heterocycles. The molecule has 0 unspecified atom stereocenters. The van der Waals surface area contributed by atoms with Crippen molar-refractivity contribution in [3.63, 3.8) is 0 Å². The number of nitrogens with zero attached hydrogens (tertiary/aromatic N) is 2. The molecular formula is C24H31ClN2O. The summed E-state index contributed by atoms with van der Waals surface area (Å²) < 4.78 is 5.60. The Labute approximate surface area is 174 Å². The van der Waals surface area contributed by atoms with Gasteiger partial charge in [-0.15, -0.1) is 0 Å². The van der Waals surface area contributed by atoms with Crippen molar-refractivity contribution in [3.8, 4) is 0 Å². The molecule has 0 saturated carbocycles. The van der Waals surface area contributed by atoms with Crippen LogP contribution >= 0.6 is 11.6 Å². The second kappa shape index (κ2) is 9.89. The van der Waals surface area contributed by atoms with Gasteiger partial charge in [0.1, 0.15) is 0 Å². The summed E-state index contributed by atoms with van der Waals surface area (Å²) >= 11 is 6.07. The Bertz CT molecular complexity index is 743. The van der Waals surface area contributed by atoms with E-state index in [1.54, 1.807) is 0 Å². The van der Waals surface area contributed by atoms with Crippen LogP contribution in [-0.2, 0) is 24.2 Å². The van der Waals surface area contributed by atoms with Crippen LogP contribution in [0.4, 0.5) is 0 Å². The van der Waals surface area contributed by atoms with E-state index in [9.17, 15) is 0 Å². The van der Waals surface area contributed by atoms with Crippen LogP contribution < -0.4 is 0 Å². The molecule has 0 bridgehead atoms. The summed E-state index contributed by atoms with van der Waals surface area (Å²) in [5.41, 5.74) is 4.39. The molecule has 2 aliphatic heterocycles. The number of hydrogen-bond donors (Lipinski definition) is 0. The van der Waals surface area contributed by atoms with Crippen molar-refractivity contribution in [1.29, 1.82) is 0 Å². The number of ether oxygens (including phenoxy) is 1. The van der Waals surface area contributed by atoms with Crippen LogP contribution in [0.1, 0.15) is 36.0 Å². The zero-order chi connectivity index (χ0) is 19.2. The lowest BCUT2D eigenvalue weighted by Gasteiger charge is -2.35. The van der Waals surface area contributed by atoms with Crippen LogP contribution in [0, 0.1) is 0 Å². The summed E-state index contributed by atoms with van der Waals surface area (Å²) in [4.78, 5) is 5.29. The van der Waals surface area contributed by atoms with Gasteiger partial charge in [0.15, 0.2) is 0 Å². The fraction of sp³-hybridized carbons (Fsp3) is 0.500. The Morgan fingerprint density at radius 3 is 2.54 bits per heavy atom. The van der Waals surface area contributed by atoms with Crippen LogP contribution in [0.3, 0.4) is 0 Å². The molecule has 0 radical (unpaired) electrons. The van der Waals surface area contributed by atoms with Crippen LogP contribution in [0.15, 0.2) is 48.5 Å². The van der Waals surface area contributed by atoms with Gasteiger partial charge in [-0.3, -0.25) is 9.80 Å². The van der Waals surface area contributed by atoms with Crippen LogP contribution in [0.25, 0.3) is 0 Å². The minimum atomic E-state index is 0.631. The van der Waals surface area contributed by atoms with E-state index in [1.165, 1.54) is 42.6 Å². The molecule has 2 aliphatic rings. The third kappa shape index (κ3) is 5.36. The molecule has 3 nitrogen and oxygen atoms in total. The maximum absolute atomic E-state index is 6.07. The fourth-order valence-corrected chi connectivity index (χ4v) is 4.63. The van der Waals surface area contributed by atoms with Crippen molar-refractivity contribution in [2.45, 2.75) is 44.8 Å². The first-order valence-electron chi connectivity index (χ1n) is 10.6. The highest BCUT2D eigenvalue weighted by atomic mass is 35.5. The van der Waals surface area contributed by atoms with Crippen LogP contribution in [-0.4, -0.2) is 48.7 Å². The highest BCUT2D eigenvalue weighted by molar-refractivity contribution is 6.30. The van der Waals surface area contributed by atoms with Gasteiger partial charge in [-0.05, 0) is 67.6 Å². The van der Waals surface area contributed by atoms with Gasteiger partial charge in [0.25, 0.3) is 0 Å². The molecule has 28 heavy (non-hydrogen) atoms. The zero-order valence-corrected chi connectivity index (χ0v) is 17.4. The Hall–Kier alpha value is -1.39. The first-order chi connectivity index (χ1) is 13.8. The van der Waals surface area contributed by atoms with E-state index in [2.05, 4.69) is 46.2 Å². The van der Waals surface area contributed by atoms with Crippen molar-refractivity contribution in [2.24, 2.45) is 0 Å². The highest BCUT2D eigenvalue weighted by Gasteiger charge is 2.22. The maximum Gasteiger partial charge on any atom is 0.0480 e. The van der Waals surface area contributed by atoms with Crippen molar-refractivity contribution < 1.29 is 4.74 Å². The molecule has 2 heterocycles. The SMILES string of the molecule is Clc1ccc(CN(CCCN2CCc3ccccc3C2)C2CCOCC2)cc1. The molecule has 1 fully saturated rings. The molecule has 0 aliphatic carbocycles. The average Bonchev–Trinajstić information content (AvgIpc) is 2.75. The number of fused-ring (bicyclic) bond motifs is 1. The molecule has 0 spiro atoms. The second-order valence-electron chi connectivity index (χ2n) is 8.09. The molecule has 4 rings (SSSR count). The van der Waals surface area contributed by atoms with E-state index in [0.717, 1.165) is 50.7 Å². The van der Waals surface area contributed by atoms with Gasteiger partial charge in [-0.2, -0.15) is 0 Å². The van der Waals surface area contributed by atoms with Crippen LogP contribution in [0.2, 0.25) is 5.02 Å². The highest BCUT2D eigenvalue weighted by Crippen LogP contribution is 2.21. The second-order valence-corrected chi connectivity index (χ2v) is 8.53.